The second-order valence-electron chi connectivity index (χ2n) is 7.31. The summed E-state index contributed by atoms with van der Waals surface area (Å²) in [6.45, 7) is 2.02. The average molecular weight is 355 g/mol. The van der Waals surface area contributed by atoms with Gasteiger partial charge >= 0.3 is 6.03 Å². The first-order chi connectivity index (χ1) is 12.5. The van der Waals surface area contributed by atoms with Crippen molar-refractivity contribution in [1.29, 1.82) is 0 Å². The van der Waals surface area contributed by atoms with Crippen LogP contribution in [-0.2, 0) is 4.79 Å². The molecule has 2 heterocycles. The molecule has 2 fully saturated rings. The van der Waals surface area contributed by atoms with Crippen molar-refractivity contribution < 1.29 is 19.2 Å². The van der Waals surface area contributed by atoms with E-state index >= 15 is 0 Å². The number of hydrogen-bond donors (Lipinski definition) is 1. The number of urea groups is 1. The Labute approximate surface area is 151 Å². The fraction of sp³-hybridized carbons (Fsp3) is 0.474. The summed E-state index contributed by atoms with van der Waals surface area (Å²) in [7, 11) is 0. The highest BCUT2D eigenvalue weighted by molar-refractivity contribution is 6.21. The molecule has 0 unspecified atom stereocenters. The van der Waals surface area contributed by atoms with E-state index in [-0.39, 0.29) is 36.7 Å². The summed E-state index contributed by atoms with van der Waals surface area (Å²) in [6.07, 6.45) is 3.50. The van der Waals surface area contributed by atoms with Crippen LogP contribution in [0.4, 0.5) is 4.79 Å². The number of nitrogens with one attached hydrogen (secondary N) is 1. The van der Waals surface area contributed by atoms with Crippen molar-refractivity contribution in [1.82, 2.24) is 15.1 Å². The molecule has 1 aromatic rings. The highest BCUT2D eigenvalue weighted by Crippen LogP contribution is 2.38. The predicted molar refractivity (Wildman–Crippen MR) is 92.4 cm³/mol. The lowest BCUT2D eigenvalue weighted by Gasteiger charge is -2.36. The van der Waals surface area contributed by atoms with E-state index in [1.54, 1.807) is 24.3 Å². The van der Waals surface area contributed by atoms with Crippen LogP contribution >= 0.6 is 0 Å². The molecule has 5 amide bonds. The Hall–Kier alpha value is -2.70. The summed E-state index contributed by atoms with van der Waals surface area (Å²) in [5.74, 6) is -0.903. The Balaban J connectivity index is 1.49. The van der Waals surface area contributed by atoms with Crippen LogP contribution in [0, 0.1) is 5.92 Å². The monoisotopic (exact) mass is 355 g/mol. The molecule has 0 radical (unpaired) electrons. The van der Waals surface area contributed by atoms with Crippen molar-refractivity contribution in [2.24, 2.45) is 5.92 Å². The Morgan fingerprint density at radius 1 is 1.00 bits per heavy atom. The first-order valence-corrected chi connectivity index (χ1v) is 9.05. The molecule has 1 N–H and O–H groups in total. The van der Waals surface area contributed by atoms with Gasteiger partial charge in [-0.3, -0.25) is 24.2 Å². The summed E-state index contributed by atoms with van der Waals surface area (Å²) in [5, 5.41) is 2.88. The normalized spacial score (nSPS) is 28.1. The molecule has 0 aromatic heterocycles. The Kier molecular flexibility index (Phi) is 3.82. The molecule has 136 valence electrons. The van der Waals surface area contributed by atoms with Crippen molar-refractivity contribution in [3.63, 3.8) is 0 Å². The summed E-state index contributed by atoms with van der Waals surface area (Å²) in [6, 6.07) is 6.21. The highest BCUT2D eigenvalue weighted by atomic mass is 16.2. The van der Waals surface area contributed by atoms with Crippen LogP contribution in [0.2, 0.25) is 0 Å². The van der Waals surface area contributed by atoms with Crippen LogP contribution in [0.1, 0.15) is 53.3 Å². The van der Waals surface area contributed by atoms with Gasteiger partial charge in [0, 0.05) is 13.1 Å². The second-order valence-corrected chi connectivity index (χ2v) is 7.31. The van der Waals surface area contributed by atoms with E-state index in [0.717, 1.165) is 29.1 Å². The maximum absolute atomic E-state index is 12.9. The minimum absolute atomic E-state index is 0.00989. The van der Waals surface area contributed by atoms with Crippen molar-refractivity contribution in [3.8, 4) is 0 Å². The van der Waals surface area contributed by atoms with E-state index in [2.05, 4.69) is 5.32 Å². The SMILES string of the molecule is C[C@@H]1CCCC[C@]12NC(=O)N(CCN1C(=O)c3ccccc3C1=O)C2=O. The van der Waals surface area contributed by atoms with Crippen LogP contribution in [0.5, 0.6) is 0 Å². The molecule has 1 aliphatic carbocycles. The molecule has 26 heavy (non-hydrogen) atoms. The molecule has 0 bridgehead atoms. The van der Waals surface area contributed by atoms with E-state index in [4.69, 9.17) is 0 Å². The minimum atomic E-state index is -0.822. The number of imide groups is 2. The van der Waals surface area contributed by atoms with Gasteiger partial charge in [0.05, 0.1) is 11.1 Å². The molecule has 1 spiro atoms. The Morgan fingerprint density at radius 2 is 1.62 bits per heavy atom. The Bertz CT molecular complexity index is 786. The van der Waals surface area contributed by atoms with Crippen LogP contribution in [0.15, 0.2) is 24.3 Å². The summed E-state index contributed by atoms with van der Waals surface area (Å²) >= 11 is 0. The van der Waals surface area contributed by atoms with Gasteiger partial charge in [0.2, 0.25) is 0 Å². The number of hydrogen-bond acceptors (Lipinski definition) is 4. The van der Waals surface area contributed by atoms with Gasteiger partial charge in [0.15, 0.2) is 0 Å². The molecule has 1 saturated carbocycles. The minimum Gasteiger partial charge on any atom is -0.323 e. The first-order valence-electron chi connectivity index (χ1n) is 9.05. The predicted octanol–water partition coefficient (Wildman–Crippen LogP) is 1.78. The number of carbonyl (C=O) groups excluding carboxylic acids is 4. The average Bonchev–Trinajstić information content (AvgIpc) is 3.02. The summed E-state index contributed by atoms with van der Waals surface area (Å²) < 4.78 is 0. The lowest BCUT2D eigenvalue weighted by Crippen LogP contribution is -2.54. The largest absolute Gasteiger partial charge is 0.325 e. The van der Waals surface area contributed by atoms with Gasteiger partial charge in [0.25, 0.3) is 17.7 Å². The molecule has 3 aliphatic rings. The maximum atomic E-state index is 12.9. The highest BCUT2D eigenvalue weighted by Gasteiger charge is 2.54. The van der Waals surface area contributed by atoms with E-state index in [9.17, 15) is 19.2 Å². The topological polar surface area (TPSA) is 86.8 Å². The van der Waals surface area contributed by atoms with E-state index in [1.807, 2.05) is 6.92 Å². The molecule has 7 nitrogen and oxygen atoms in total. The molecular formula is C19H21N3O4. The van der Waals surface area contributed by atoms with Gasteiger partial charge in [0.1, 0.15) is 5.54 Å². The zero-order valence-electron chi connectivity index (χ0n) is 14.7. The van der Waals surface area contributed by atoms with Crippen molar-refractivity contribution in [3.05, 3.63) is 35.4 Å². The van der Waals surface area contributed by atoms with Crippen LogP contribution in [0.3, 0.4) is 0 Å². The molecular weight excluding hydrogens is 334 g/mol. The van der Waals surface area contributed by atoms with E-state index in [0.29, 0.717) is 17.5 Å². The van der Waals surface area contributed by atoms with Crippen molar-refractivity contribution in [2.45, 2.75) is 38.1 Å². The number of rotatable bonds is 3. The second kappa shape index (κ2) is 5.93. The number of nitrogens with zero attached hydrogens (tertiary/aromatic N) is 2. The lowest BCUT2D eigenvalue weighted by atomic mass is 9.73. The molecule has 7 heteroatoms. The standard InChI is InChI=1S/C19H21N3O4/c1-12-6-4-5-9-19(12)17(25)22(18(26)20-19)11-10-21-15(23)13-7-2-3-8-14(13)16(21)24/h2-3,7-8,12H,4-6,9-11H2,1H3,(H,20,26)/t12-,19+/m1/s1. The fourth-order valence-electron chi connectivity index (χ4n) is 4.34. The maximum Gasteiger partial charge on any atom is 0.325 e. The molecule has 4 rings (SSSR count). The van der Waals surface area contributed by atoms with Crippen LogP contribution in [0.25, 0.3) is 0 Å². The summed E-state index contributed by atoms with van der Waals surface area (Å²) in [5.41, 5.74) is -0.0868. The van der Waals surface area contributed by atoms with Gasteiger partial charge < -0.3 is 5.32 Å². The van der Waals surface area contributed by atoms with Gasteiger partial charge in [-0.15, -0.1) is 0 Å². The van der Waals surface area contributed by atoms with E-state index in [1.165, 1.54) is 0 Å². The zero-order valence-corrected chi connectivity index (χ0v) is 14.7. The molecule has 1 saturated heterocycles. The van der Waals surface area contributed by atoms with Crippen LogP contribution < -0.4 is 5.32 Å². The smallest absolute Gasteiger partial charge is 0.323 e. The zero-order chi connectivity index (χ0) is 18.5. The quantitative estimate of drug-likeness (QED) is 0.661. The third-order valence-electron chi connectivity index (χ3n) is 5.93. The fourth-order valence-corrected chi connectivity index (χ4v) is 4.34. The first kappa shape index (κ1) is 16.8. The number of fused-ring (bicyclic) bond motifs is 1. The number of carbonyl (C=O) groups is 4. The third-order valence-corrected chi connectivity index (χ3v) is 5.93. The number of benzene rings is 1. The van der Waals surface area contributed by atoms with E-state index < -0.39 is 11.6 Å². The van der Waals surface area contributed by atoms with Gasteiger partial charge in [-0.2, -0.15) is 0 Å². The molecule has 2 atom stereocenters. The van der Waals surface area contributed by atoms with Crippen LogP contribution in [-0.4, -0.2) is 52.2 Å². The number of amides is 5. The molecule has 2 aliphatic heterocycles. The van der Waals surface area contributed by atoms with Gasteiger partial charge in [-0.25, -0.2) is 4.79 Å². The van der Waals surface area contributed by atoms with Crippen molar-refractivity contribution in [2.75, 3.05) is 13.1 Å². The lowest BCUT2D eigenvalue weighted by molar-refractivity contribution is -0.134. The van der Waals surface area contributed by atoms with Crippen molar-refractivity contribution >= 4 is 23.8 Å². The third kappa shape index (κ3) is 2.26. The van der Waals surface area contributed by atoms with Gasteiger partial charge in [-0.1, -0.05) is 31.9 Å². The van der Waals surface area contributed by atoms with Gasteiger partial charge in [-0.05, 0) is 30.9 Å². The Morgan fingerprint density at radius 3 is 2.23 bits per heavy atom. The molecule has 1 aromatic carbocycles. The summed E-state index contributed by atoms with van der Waals surface area (Å²) in [4.78, 5) is 52.5.